The second kappa shape index (κ2) is 7.06. The van der Waals surface area contributed by atoms with E-state index >= 15 is 0 Å². The zero-order valence-electron chi connectivity index (χ0n) is 13.2. The van der Waals surface area contributed by atoms with E-state index in [-0.39, 0.29) is 5.69 Å². The van der Waals surface area contributed by atoms with Crippen LogP contribution >= 0.6 is 0 Å². The van der Waals surface area contributed by atoms with Crippen molar-refractivity contribution in [3.05, 3.63) is 53.5 Å². The minimum atomic E-state index is -0.566. The molecule has 7 heteroatoms. The molecular formula is C17H18N6O. The van der Waals surface area contributed by atoms with E-state index in [2.05, 4.69) is 25.8 Å². The molecule has 0 atom stereocenters. The summed E-state index contributed by atoms with van der Waals surface area (Å²) in [7, 11) is 0. The minimum absolute atomic E-state index is 0.188. The number of hydrogen-bond acceptors (Lipinski definition) is 6. The molecule has 1 aliphatic heterocycles. The fraction of sp³-hybridized carbons (Fsp3) is 0.294. The molecule has 1 aromatic carbocycles. The van der Waals surface area contributed by atoms with Crippen molar-refractivity contribution in [1.82, 2.24) is 14.9 Å². The molecule has 2 heterocycles. The van der Waals surface area contributed by atoms with E-state index in [1.165, 1.54) is 11.8 Å². The standard InChI is InChI=1S/C17H18N6O/c18-9-13-1-3-14(4-2-13)12-22-5-7-23(8-6-22)16-11-20-10-15(21-16)17(19)24/h1-4,10-11H,5-8,12H2,(H2,19,24). The lowest BCUT2D eigenvalue weighted by atomic mass is 10.1. The van der Waals surface area contributed by atoms with Crippen LogP contribution in [0.2, 0.25) is 0 Å². The summed E-state index contributed by atoms with van der Waals surface area (Å²) in [6.45, 7) is 4.26. The molecule has 1 amide bonds. The van der Waals surface area contributed by atoms with E-state index < -0.39 is 5.91 Å². The van der Waals surface area contributed by atoms with Gasteiger partial charge in [-0.05, 0) is 17.7 Å². The summed E-state index contributed by atoms with van der Waals surface area (Å²) in [6.07, 6.45) is 3.04. The zero-order chi connectivity index (χ0) is 16.9. The van der Waals surface area contributed by atoms with Gasteiger partial charge in [0.05, 0.1) is 24.0 Å². The van der Waals surface area contributed by atoms with Crippen molar-refractivity contribution >= 4 is 11.7 Å². The molecule has 1 aliphatic rings. The third-order valence-electron chi connectivity index (χ3n) is 4.06. The Morgan fingerprint density at radius 3 is 2.50 bits per heavy atom. The number of nitriles is 1. The predicted molar refractivity (Wildman–Crippen MR) is 89.2 cm³/mol. The van der Waals surface area contributed by atoms with Gasteiger partial charge in [-0.2, -0.15) is 5.26 Å². The highest BCUT2D eigenvalue weighted by atomic mass is 16.1. The van der Waals surface area contributed by atoms with Gasteiger partial charge in [0.2, 0.25) is 0 Å². The van der Waals surface area contributed by atoms with Crippen LogP contribution in [0.3, 0.4) is 0 Å². The summed E-state index contributed by atoms with van der Waals surface area (Å²) in [5, 5.41) is 8.84. The lowest BCUT2D eigenvalue weighted by Crippen LogP contribution is -2.46. The van der Waals surface area contributed by atoms with E-state index in [1.54, 1.807) is 6.20 Å². The summed E-state index contributed by atoms with van der Waals surface area (Å²) in [4.78, 5) is 24.0. The van der Waals surface area contributed by atoms with Gasteiger partial charge in [0.1, 0.15) is 11.5 Å². The Morgan fingerprint density at radius 2 is 1.88 bits per heavy atom. The number of anilines is 1. The Balaban J connectivity index is 1.58. The SMILES string of the molecule is N#Cc1ccc(CN2CCN(c3cncc(C(N)=O)n3)CC2)cc1. The second-order valence-corrected chi connectivity index (χ2v) is 5.70. The number of primary amides is 1. The largest absolute Gasteiger partial charge is 0.364 e. The number of hydrogen-bond donors (Lipinski definition) is 1. The zero-order valence-corrected chi connectivity index (χ0v) is 13.2. The first kappa shape index (κ1) is 15.9. The van der Waals surface area contributed by atoms with Crippen LogP contribution in [0.25, 0.3) is 0 Å². The number of carbonyl (C=O) groups excluding carboxylic acids is 1. The fourth-order valence-corrected chi connectivity index (χ4v) is 2.70. The third-order valence-corrected chi connectivity index (χ3v) is 4.06. The molecule has 1 saturated heterocycles. The van der Waals surface area contributed by atoms with Crippen LogP contribution in [0, 0.1) is 11.3 Å². The molecule has 7 nitrogen and oxygen atoms in total. The Bertz CT molecular complexity index is 759. The Morgan fingerprint density at radius 1 is 1.17 bits per heavy atom. The lowest BCUT2D eigenvalue weighted by molar-refractivity contribution is 0.0995. The molecule has 0 saturated carbocycles. The van der Waals surface area contributed by atoms with Crippen LogP contribution in [0.4, 0.5) is 5.82 Å². The van der Waals surface area contributed by atoms with E-state index in [1.807, 2.05) is 24.3 Å². The van der Waals surface area contributed by atoms with Gasteiger partial charge in [-0.3, -0.25) is 14.7 Å². The summed E-state index contributed by atoms with van der Waals surface area (Å²) in [5.74, 6) is 0.119. The normalized spacial score (nSPS) is 15.0. The van der Waals surface area contributed by atoms with Gasteiger partial charge in [0.25, 0.3) is 5.91 Å². The fourth-order valence-electron chi connectivity index (χ4n) is 2.70. The van der Waals surface area contributed by atoms with Gasteiger partial charge in [-0.25, -0.2) is 4.98 Å². The van der Waals surface area contributed by atoms with Crippen LogP contribution in [0.15, 0.2) is 36.7 Å². The molecule has 2 aromatic rings. The summed E-state index contributed by atoms with van der Waals surface area (Å²) in [5.41, 5.74) is 7.31. The number of aromatic nitrogens is 2. The number of rotatable bonds is 4. The Hall–Kier alpha value is -2.98. The molecule has 24 heavy (non-hydrogen) atoms. The van der Waals surface area contributed by atoms with Gasteiger partial charge in [-0.1, -0.05) is 12.1 Å². The number of nitrogens with zero attached hydrogens (tertiary/aromatic N) is 5. The Labute approximate surface area is 140 Å². The third kappa shape index (κ3) is 3.67. The molecule has 2 N–H and O–H groups in total. The van der Waals surface area contributed by atoms with Crippen molar-refractivity contribution in [2.75, 3.05) is 31.1 Å². The highest BCUT2D eigenvalue weighted by Crippen LogP contribution is 2.15. The van der Waals surface area contributed by atoms with Gasteiger partial charge in [0, 0.05) is 32.7 Å². The molecular weight excluding hydrogens is 304 g/mol. The molecule has 0 aliphatic carbocycles. The average molecular weight is 322 g/mol. The Kier molecular flexibility index (Phi) is 4.68. The molecule has 0 spiro atoms. The highest BCUT2D eigenvalue weighted by molar-refractivity contribution is 5.90. The van der Waals surface area contributed by atoms with Crippen LogP contribution in [0.1, 0.15) is 21.6 Å². The summed E-state index contributed by atoms with van der Waals surface area (Å²) >= 11 is 0. The van der Waals surface area contributed by atoms with Crippen molar-refractivity contribution in [3.63, 3.8) is 0 Å². The van der Waals surface area contributed by atoms with E-state index in [0.29, 0.717) is 11.4 Å². The molecule has 122 valence electrons. The smallest absolute Gasteiger partial charge is 0.268 e. The van der Waals surface area contributed by atoms with E-state index in [0.717, 1.165) is 32.7 Å². The predicted octanol–water partition coefficient (Wildman–Crippen LogP) is 0.769. The number of piperazine rings is 1. The van der Waals surface area contributed by atoms with Crippen LogP contribution in [-0.4, -0.2) is 47.0 Å². The molecule has 1 aromatic heterocycles. The number of carbonyl (C=O) groups is 1. The first-order chi connectivity index (χ1) is 11.7. The van der Waals surface area contributed by atoms with E-state index in [4.69, 9.17) is 11.0 Å². The molecule has 0 radical (unpaired) electrons. The molecule has 0 unspecified atom stereocenters. The van der Waals surface area contributed by atoms with Crippen LogP contribution in [-0.2, 0) is 6.54 Å². The van der Waals surface area contributed by atoms with E-state index in [9.17, 15) is 4.79 Å². The lowest BCUT2D eigenvalue weighted by Gasteiger charge is -2.35. The van der Waals surface area contributed by atoms with Crippen molar-refractivity contribution in [3.8, 4) is 6.07 Å². The topological polar surface area (TPSA) is 99.1 Å². The van der Waals surface area contributed by atoms with Gasteiger partial charge in [0.15, 0.2) is 0 Å². The summed E-state index contributed by atoms with van der Waals surface area (Å²) < 4.78 is 0. The first-order valence-electron chi connectivity index (χ1n) is 7.74. The number of nitrogens with two attached hydrogens (primary N) is 1. The monoisotopic (exact) mass is 322 g/mol. The highest BCUT2D eigenvalue weighted by Gasteiger charge is 2.19. The number of benzene rings is 1. The van der Waals surface area contributed by atoms with Gasteiger partial charge >= 0.3 is 0 Å². The van der Waals surface area contributed by atoms with Gasteiger partial charge in [-0.15, -0.1) is 0 Å². The maximum atomic E-state index is 11.2. The van der Waals surface area contributed by atoms with Crippen molar-refractivity contribution in [1.29, 1.82) is 5.26 Å². The van der Waals surface area contributed by atoms with Crippen molar-refractivity contribution in [2.24, 2.45) is 5.73 Å². The number of amides is 1. The molecule has 3 rings (SSSR count). The quantitative estimate of drug-likeness (QED) is 0.892. The maximum Gasteiger partial charge on any atom is 0.268 e. The van der Waals surface area contributed by atoms with Crippen molar-refractivity contribution in [2.45, 2.75) is 6.54 Å². The second-order valence-electron chi connectivity index (χ2n) is 5.70. The van der Waals surface area contributed by atoms with Crippen molar-refractivity contribution < 1.29 is 4.79 Å². The first-order valence-corrected chi connectivity index (χ1v) is 7.74. The molecule has 1 fully saturated rings. The maximum absolute atomic E-state index is 11.2. The minimum Gasteiger partial charge on any atom is -0.364 e. The van der Waals surface area contributed by atoms with Crippen LogP contribution < -0.4 is 10.6 Å². The summed E-state index contributed by atoms with van der Waals surface area (Å²) in [6, 6.07) is 9.80. The molecule has 0 bridgehead atoms. The van der Waals surface area contributed by atoms with Gasteiger partial charge < -0.3 is 10.6 Å². The van der Waals surface area contributed by atoms with Crippen LogP contribution in [0.5, 0.6) is 0 Å². The average Bonchev–Trinajstić information content (AvgIpc) is 2.63.